The number of hydrogen-bond donors (Lipinski definition) is 2. The molecule has 0 unspecified atom stereocenters. The highest BCUT2D eigenvalue weighted by Crippen LogP contribution is 2.27. The van der Waals surface area contributed by atoms with E-state index >= 15 is 0 Å². The minimum atomic E-state index is 0.461. The summed E-state index contributed by atoms with van der Waals surface area (Å²) in [5, 5.41) is 3.68. The van der Waals surface area contributed by atoms with Crippen molar-refractivity contribution in [1.82, 2.24) is 5.32 Å². The molecule has 0 spiro atoms. The maximum Gasteiger partial charge on any atom is 0.137 e. The second kappa shape index (κ2) is 5.20. The number of ether oxygens (including phenoxy) is 1. The highest BCUT2D eigenvalue weighted by molar-refractivity contribution is 6.32. The van der Waals surface area contributed by atoms with Crippen molar-refractivity contribution in [1.29, 1.82) is 0 Å². The molecule has 3 N–H and O–H groups in total. The number of nitrogens with two attached hydrogens (primary N) is 1. The lowest BCUT2D eigenvalue weighted by Crippen LogP contribution is -2.21. The van der Waals surface area contributed by atoms with E-state index in [9.17, 15) is 0 Å². The maximum atomic E-state index is 6.00. The molecule has 0 aliphatic heterocycles. The number of benzene rings is 1. The highest BCUT2D eigenvalue weighted by Gasteiger charge is 2.05. The van der Waals surface area contributed by atoms with E-state index in [1.165, 1.54) is 0 Å². The maximum absolute atomic E-state index is 6.00. The van der Waals surface area contributed by atoms with Crippen LogP contribution in [0.15, 0.2) is 12.1 Å². The molecule has 0 radical (unpaired) electrons. The largest absolute Gasteiger partial charge is 0.495 e. The summed E-state index contributed by atoms with van der Waals surface area (Å²) in [6, 6.07) is 3.83. The number of rotatable bonds is 4. The van der Waals surface area contributed by atoms with Gasteiger partial charge in [0.1, 0.15) is 5.75 Å². The Morgan fingerprint density at radius 2 is 2.21 bits per heavy atom. The number of aryl methyl sites for hydroxylation is 1. The molecule has 0 fully saturated rings. The van der Waals surface area contributed by atoms with Crippen LogP contribution >= 0.6 is 11.6 Å². The van der Waals surface area contributed by atoms with Gasteiger partial charge in [-0.15, -0.1) is 0 Å². The molecule has 1 rings (SSSR count). The van der Waals surface area contributed by atoms with E-state index in [-0.39, 0.29) is 0 Å². The smallest absolute Gasteiger partial charge is 0.137 e. The van der Waals surface area contributed by atoms with Gasteiger partial charge in [-0.3, -0.25) is 0 Å². The predicted molar refractivity (Wildman–Crippen MR) is 58.6 cm³/mol. The summed E-state index contributed by atoms with van der Waals surface area (Å²) in [6.07, 6.45) is 0. The first-order chi connectivity index (χ1) is 6.69. The van der Waals surface area contributed by atoms with Crippen LogP contribution in [0, 0.1) is 6.92 Å². The average Bonchev–Trinajstić information content (AvgIpc) is 2.18. The molecule has 0 heterocycles. The van der Waals surface area contributed by atoms with Crippen molar-refractivity contribution in [3.63, 3.8) is 0 Å². The molecule has 0 saturated carbocycles. The Kier molecular flexibility index (Phi) is 4.20. The minimum absolute atomic E-state index is 0.461. The van der Waals surface area contributed by atoms with Gasteiger partial charge in [0.15, 0.2) is 0 Å². The predicted octanol–water partition coefficient (Wildman–Crippen LogP) is 1.66. The zero-order valence-electron chi connectivity index (χ0n) is 8.43. The summed E-state index contributed by atoms with van der Waals surface area (Å²) in [7, 11) is 1.61. The third-order valence-corrected chi connectivity index (χ3v) is 2.37. The lowest BCUT2D eigenvalue weighted by atomic mass is 10.1. The van der Waals surface area contributed by atoms with Gasteiger partial charge in [0.25, 0.3) is 0 Å². The molecule has 1 aromatic carbocycles. The van der Waals surface area contributed by atoms with Gasteiger partial charge in [-0.05, 0) is 30.2 Å². The van der Waals surface area contributed by atoms with Gasteiger partial charge in [-0.2, -0.15) is 0 Å². The van der Waals surface area contributed by atoms with Crippen molar-refractivity contribution in [2.24, 2.45) is 5.73 Å². The van der Waals surface area contributed by atoms with Crippen molar-refractivity contribution in [2.75, 3.05) is 13.8 Å². The van der Waals surface area contributed by atoms with Gasteiger partial charge in [-0.1, -0.05) is 11.6 Å². The van der Waals surface area contributed by atoms with Crippen LogP contribution in [0.3, 0.4) is 0 Å². The van der Waals surface area contributed by atoms with Gasteiger partial charge in [0.2, 0.25) is 0 Å². The molecular formula is C10H15ClN2O. The van der Waals surface area contributed by atoms with E-state index in [1.54, 1.807) is 7.11 Å². The Labute approximate surface area is 89.2 Å². The van der Waals surface area contributed by atoms with E-state index < -0.39 is 0 Å². The summed E-state index contributed by atoms with van der Waals surface area (Å²) < 4.78 is 5.11. The van der Waals surface area contributed by atoms with E-state index in [0.717, 1.165) is 17.7 Å². The first-order valence-electron chi connectivity index (χ1n) is 4.42. The summed E-state index contributed by atoms with van der Waals surface area (Å²) in [6.45, 7) is 3.21. The molecule has 0 atom stereocenters. The first kappa shape index (κ1) is 11.3. The Morgan fingerprint density at radius 1 is 1.50 bits per heavy atom. The van der Waals surface area contributed by atoms with Crippen LogP contribution in [0.5, 0.6) is 5.75 Å². The fourth-order valence-corrected chi connectivity index (χ4v) is 1.51. The van der Waals surface area contributed by atoms with Gasteiger partial charge in [0, 0.05) is 13.2 Å². The van der Waals surface area contributed by atoms with E-state index in [2.05, 4.69) is 5.32 Å². The first-order valence-corrected chi connectivity index (χ1v) is 4.80. The molecule has 0 saturated heterocycles. The molecular weight excluding hydrogens is 200 g/mol. The van der Waals surface area contributed by atoms with Crippen molar-refractivity contribution >= 4 is 11.6 Å². The Morgan fingerprint density at radius 3 is 2.79 bits per heavy atom. The highest BCUT2D eigenvalue weighted by atomic mass is 35.5. The van der Waals surface area contributed by atoms with Crippen molar-refractivity contribution in [3.05, 3.63) is 28.3 Å². The summed E-state index contributed by atoms with van der Waals surface area (Å²) in [5.74, 6) is 0.709. The lowest BCUT2D eigenvalue weighted by molar-refractivity contribution is 0.414. The molecule has 4 heteroatoms. The van der Waals surface area contributed by atoms with Crippen LogP contribution in [-0.2, 0) is 6.54 Å². The van der Waals surface area contributed by atoms with Gasteiger partial charge in [-0.25, -0.2) is 0 Å². The monoisotopic (exact) mass is 214 g/mol. The summed E-state index contributed by atoms with van der Waals surface area (Å²) >= 11 is 6.00. The minimum Gasteiger partial charge on any atom is -0.495 e. The molecule has 0 bridgehead atoms. The van der Waals surface area contributed by atoms with Crippen LogP contribution < -0.4 is 15.8 Å². The van der Waals surface area contributed by atoms with E-state index in [0.29, 0.717) is 17.4 Å². The SMILES string of the molecule is COc1cc(C)c(CNCN)cc1Cl. The van der Waals surface area contributed by atoms with Crippen LogP contribution in [0.4, 0.5) is 0 Å². The Bertz CT molecular complexity index is 315. The van der Waals surface area contributed by atoms with Crippen molar-refractivity contribution < 1.29 is 4.74 Å². The zero-order chi connectivity index (χ0) is 10.6. The fraction of sp³-hybridized carbons (Fsp3) is 0.400. The van der Waals surface area contributed by atoms with Crippen LogP contribution in [0.1, 0.15) is 11.1 Å². The van der Waals surface area contributed by atoms with E-state index in [4.69, 9.17) is 22.1 Å². The van der Waals surface area contributed by atoms with E-state index in [1.807, 2.05) is 19.1 Å². The number of hydrogen-bond acceptors (Lipinski definition) is 3. The van der Waals surface area contributed by atoms with Crippen LogP contribution in [0.2, 0.25) is 5.02 Å². The standard InChI is InChI=1S/C10H15ClN2O/c1-7-3-10(14-2)9(11)4-8(7)5-13-6-12/h3-4,13H,5-6,12H2,1-2H3. The molecule has 0 aliphatic carbocycles. The van der Waals surface area contributed by atoms with Gasteiger partial charge in [0.05, 0.1) is 12.1 Å². The molecule has 0 aromatic heterocycles. The molecule has 14 heavy (non-hydrogen) atoms. The van der Waals surface area contributed by atoms with Crippen LogP contribution in [0.25, 0.3) is 0 Å². The third-order valence-electron chi connectivity index (χ3n) is 2.07. The summed E-state index contributed by atoms with van der Waals surface area (Å²) in [4.78, 5) is 0. The second-order valence-electron chi connectivity index (χ2n) is 3.04. The fourth-order valence-electron chi connectivity index (χ4n) is 1.25. The molecule has 78 valence electrons. The van der Waals surface area contributed by atoms with Crippen molar-refractivity contribution in [3.8, 4) is 5.75 Å². The van der Waals surface area contributed by atoms with Gasteiger partial charge < -0.3 is 15.8 Å². The zero-order valence-corrected chi connectivity index (χ0v) is 9.19. The topological polar surface area (TPSA) is 47.3 Å². The molecule has 1 aromatic rings. The van der Waals surface area contributed by atoms with Gasteiger partial charge >= 0.3 is 0 Å². The normalized spacial score (nSPS) is 10.3. The number of halogens is 1. The average molecular weight is 215 g/mol. The third kappa shape index (κ3) is 2.61. The molecule has 3 nitrogen and oxygen atoms in total. The molecule has 0 amide bonds. The summed E-state index contributed by atoms with van der Waals surface area (Å²) in [5.41, 5.74) is 7.64. The second-order valence-corrected chi connectivity index (χ2v) is 3.45. The number of methoxy groups -OCH3 is 1. The Hall–Kier alpha value is -0.770. The number of nitrogens with one attached hydrogen (secondary N) is 1. The quantitative estimate of drug-likeness (QED) is 0.750. The van der Waals surface area contributed by atoms with Crippen molar-refractivity contribution in [2.45, 2.75) is 13.5 Å². The Balaban J connectivity index is 2.90. The lowest BCUT2D eigenvalue weighted by Gasteiger charge is -2.10. The van der Waals surface area contributed by atoms with Crippen LogP contribution in [-0.4, -0.2) is 13.8 Å². The molecule has 0 aliphatic rings.